The molecule has 2 heterocycles. The molecule has 4 nitrogen and oxygen atoms in total. The van der Waals surface area contributed by atoms with Crippen molar-refractivity contribution in [1.29, 1.82) is 0 Å². The van der Waals surface area contributed by atoms with Gasteiger partial charge in [-0.1, -0.05) is 6.07 Å². The molecule has 0 spiro atoms. The molecule has 2 N–H and O–H groups in total. The average Bonchev–Trinajstić information content (AvgIpc) is 3.19. The van der Waals surface area contributed by atoms with Crippen molar-refractivity contribution < 1.29 is 18.3 Å². The molecular formula is C16H16F2N2O2S. The van der Waals surface area contributed by atoms with Crippen LogP contribution < -0.4 is 10.6 Å². The summed E-state index contributed by atoms with van der Waals surface area (Å²) in [5.74, 6) is -1.82. The van der Waals surface area contributed by atoms with Crippen molar-refractivity contribution in [2.75, 3.05) is 6.61 Å². The number of carbonyl (C=O) groups is 1. The molecule has 1 fully saturated rings. The lowest BCUT2D eigenvalue weighted by Gasteiger charge is -2.20. The minimum Gasteiger partial charge on any atom is -0.371 e. The number of nitrogens with one attached hydrogen (secondary N) is 2. The highest BCUT2D eigenvalue weighted by molar-refractivity contribution is 7.07. The third kappa shape index (κ3) is 3.86. The lowest BCUT2D eigenvalue weighted by molar-refractivity contribution is 0.0995. The van der Waals surface area contributed by atoms with Gasteiger partial charge < -0.3 is 15.4 Å². The fourth-order valence-corrected chi connectivity index (χ4v) is 3.22. The average molecular weight is 338 g/mol. The molecule has 7 heteroatoms. The van der Waals surface area contributed by atoms with E-state index in [2.05, 4.69) is 10.6 Å². The molecule has 1 aliphatic rings. The fraction of sp³-hybridized carbons (Fsp3) is 0.312. The molecule has 0 bridgehead atoms. The number of carbonyl (C=O) groups excluding carboxylic acids is 1. The second-order valence-corrected chi connectivity index (χ2v) is 6.10. The van der Waals surface area contributed by atoms with E-state index in [4.69, 9.17) is 4.74 Å². The van der Waals surface area contributed by atoms with Gasteiger partial charge in [-0.2, -0.15) is 11.3 Å². The first-order chi connectivity index (χ1) is 11.1. The van der Waals surface area contributed by atoms with Gasteiger partial charge >= 0.3 is 6.03 Å². The van der Waals surface area contributed by atoms with Crippen LogP contribution in [0.3, 0.4) is 0 Å². The van der Waals surface area contributed by atoms with Crippen molar-refractivity contribution in [2.45, 2.75) is 25.1 Å². The molecule has 0 saturated carbocycles. The van der Waals surface area contributed by atoms with E-state index in [1.54, 1.807) is 11.3 Å². The normalized spacial score (nSPS) is 20.4. The van der Waals surface area contributed by atoms with Crippen LogP contribution in [0.25, 0.3) is 0 Å². The van der Waals surface area contributed by atoms with Gasteiger partial charge in [-0.05, 0) is 46.5 Å². The highest BCUT2D eigenvalue weighted by Gasteiger charge is 2.31. The van der Waals surface area contributed by atoms with Gasteiger partial charge in [0.25, 0.3) is 0 Å². The smallest absolute Gasteiger partial charge is 0.315 e. The van der Waals surface area contributed by atoms with Gasteiger partial charge in [-0.15, -0.1) is 0 Å². The quantitative estimate of drug-likeness (QED) is 0.898. The maximum atomic E-state index is 13.4. The Morgan fingerprint density at radius 3 is 2.91 bits per heavy atom. The van der Waals surface area contributed by atoms with E-state index in [-0.39, 0.29) is 12.1 Å². The summed E-state index contributed by atoms with van der Waals surface area (Å²) < 4.78 is 32.0. The van der Waals surface area contributed by atoms with E-state index >= 15 is 0 Å². The van der Waals surface area contributed by atoms with Crippen molar-refractivity contribution >= 4 is 17.4 Å². The van der Waals surface area contributed by atoms with Crippen molar-refractivity contribution in [3.8, 4) is 0 Å². The maximum Gasteiger partial charge on any atom is 0.315 e. The van der Waals surface area contributed by atoms with E-state index in [0.717, 1.165) is 17.7 Å². The summed E-state index contributed by atoms with van der Waals surface area (Å²) in [5, 5.41) is 9.51. The molecule has 2 amide bonds. The van der Waals surface area contributed by atoms with Crippen LogP contribution in [0.5, 0.6) is 0 Å². The zero-order chi connectivity index (χ0) is 16.2. The minimum absolute atomic E-state index is 0.276. The van der Waals surface area contributed by atoms with Crippen LogP contribution in [0.1, 0.15) is 23.7 Å². The van der Waals surface area contributed by atoms with E-state index in [0.29, 0.717) is 25.1 Å². The summed E-state index contributed by atoms with van der Waals surface area (Å²) in [6.45, 7) is 0.901. The third-order valence-corrected chi connectivity index (χ3v) is 4.45. The van der Waals surface area contributed by atoms with Crippen LogP contribution >= 0.6 is 11.3 Å². The Balaban J connectivity index is 1.60. The predicted molar refractivity (Wildman–Crippen MR) is 83.1 cm³/mol. The van der Waals surface area contributed by atoms with Crippen molar-refractivity contribution in [1.82, 2.24) is 10.6 Å². The van der Waals surface area contributed by atoms with Gasteiger partial charge in [0.15, 0.2) is 11.6 Å². The summed E-state index contributed by atoms with van der Waals surface area (Å²) in [5.41, 5.74) is 1.55. The first-order valence-electron chi connectivity index (χ1n) is 7.25. The van der Waals surface area contributed by atoms with E-state index in [1.165, 1.54) is 6.07 Å². The van der Waals surface area contributed by atoms with Crippen molar-refractivity contribution in [3.05, 3.63) is 57.8 Å². The van der Waals surface area contributed by atoms with Crippen molar-refractivity contribution in [3.63, 3.8) is 0 Å². The maximum absolute atomic E-state index is 13.4. The van der Waals surface area contributed by atoms with Crippen molar-refractivity contribution in [2.24, 2.45) is 0 Å². The highest BCUT2D eigenvalue weighted by atomic mass is 32.1. The number of halogens is 2. The lowest BCUT2D eigenvalue weighted by atomic mass is 10.0. The first kappa shape index (κ1) is 15.9. The summed E-state index contributed by atoms with van der Waals surface area (Å²) in [6, 6.07) is 5.02. The van der Waals surface area contributed by atoms with Crippen LogP contribution in [-0.4, -0.2) is 18.7 Å². The summed E-state index contributed by atoms with van der Waals surface area (Å²) in [7, 11) is 0. The molecule has 3 rings (SSSR count). The molecular weight excluding hydrogens is 322 g/mol. The second kappa shape index (κ2) is 7.06. The Bertz CT molecular complexity index is 679. The molecule has 23 heavy (non-hydrogen) atoms. The molecule has 122 valence electrons. The summed E-state index contributed by atoms with van der Waals surface area (Å²) in [4.78, 5) is 12.0. The Morgan fingerprint density at radius 1 is 1.30 bits per heavy atom. The first-order valence-corrected chi connectivity index (χ1v) is 8.20. The Morgan fingerprint density at radius 2 is 2.17 bits per heavy atom. The number of amides is 2. The molecule has 1 aromatic heterocycles. The largest absolute Gasteiger partial charge is 0.371 e. The monoisotopic (exact) mass is 338 g/mol. The zero-order valence-corrected chi connectivity index (χ0v) is 13.0. The van der Waals surface area contributed by atoms with Crippen LogP contribution in [-0.2, 0) is 11.3 Å². The van der Waals surface area contributed by atoms with Gasteiger partial charge in [0.1, 0.15) is 6.10 Å². The topological polar surface area (TPSA) is 50.4 Å². The van der Waals surface area contributed by atoms with Gasteiger partial charge in [0, 0.05) is 13.2 Å². The number of benzene rings is 1. The number of rotatable bonds is 4. The molecule has 1 aromatic carbocycles. The van der Waals surface area contributed by atoms with Gasteiger partial charge in [-0.25, -0.2) is 13.6 Å². The fourth-order valence-electron chi connectivity index (χ4n) is 2.55. The van der Waals surface area contributed by atoms with Gasteiger partial charge in [0.2, 0.25) is 0 Å². The number of thiophene rings is 1. The van der Waals surface area contributed by atoms with Crippen LogP contribution in [0.2, 0.25) is 0 Å². The second-order valence-electron chi connectivity index (χ2n) is 5.32. The zero-order valence-electron chi connectivity index (χ0n) is 12.2. The SMILES string of the molecule is O=C(NCc1ccsc1)N[C@@H]1CCO[C@H]1c1ccc(F)c(F)c1. The highest BCUT2D eigenvalue weighted by Crippen LogP contribution is 2.30. The standard InChI is InChI=1S/C16H16F2N2O2S/c17-12-2-1-11(7-13(12)18)15-14(3-5-22-15)20-16(21)19-8-10-4-6-23-9-10/h1-2,4,6-7,9,14-15H,3,5,8H2,(H2,19,20,21)/t14-,15+/m1/s1. The molecule has 0 radical (unpaired) electrons. The molecule has 1 saturated heterocycles. The molecule has 2 atom stereocenters. The number of ether oxygens (including phenoxy) is 1. The molecule has 0 aliphatic carbocycles. The van der Waals surface area contributed by atoms with E-state index in [1.807, 2.05) is 16.8 Å². The Hall–Kier alpha value is -1.99. The van der Waals surface area contributed by atoms with Gasteiger partial charge in [0.05, 0.1) is 6.04 Å². The Kier molecular flexibility index (Phi) is 4.88. The lowest BCUT2D eigenvalue weighted by Crippen LogP contribution is -2.43. The minimum atomic E-state index is -0.918. The van der Waals surface area contributed by atoms with Crippen LogP contribution in [0.4, 0.5) is 13.6 Å². The number of urea groups is 1. The van der Waals surface area contributed by atoms with Crippen LogP contribution in [0, 0.1) is 11.6 Å². The van der Waals surface area contributed by atoms with Gasteiger partial charge in [-0.3, -0.25) is 0 Å². The van der Waals surface area contributed by atoms with Crippen LogP contribution in [0.15, 0.2) is 35.0 Å². The predicted octanol–water partition coefficient (Wildman–Crippen LogP) is 3.36. The number of hydrogen-bond donors (Lipinski definition) is 2. The number of hydrogen-bond acceptors (Lipinski definition) is 3. The van der Waals surface area contributed by atoms with E-state index < -0.39 is 17.7 Å². The summed E-state index contributed by atoms with van der Waals surface area (Å²) in [6.07, 6.45) is 0.146. The third-order valence-electron chi connectivity index (χ3n) is 3.71. The van der Waals surface area contributed by atoms with E-state index in [9.17, 15) is 13.6 Å². The Labute approximate surface area is 136 Å². The molecule has 0 unspecified atom stereocenters. The summed E-state index contributed by atoms with van der Waals surface area (Å²) >= 11 is 1.57. The molecule has 1 aliphatic heterocycles. The molecule has 2 aromatic rings.